The number of carbonyl (C=O) groups excluding carboxylic acids is 2. The molecule has 1 atom stereocenters. The minimum Gasteiger partial charge on any atom is -0.324 e. The van der Waals surface area contributed by atoms with Gasteiger partial charge in [0.1, 0.15) is 10.7 Å². The number of piperidine rings is 1. The quantitative estimate of drug-likeness (QED) is 0.875. The zero-order valence-electron chi connectivity index (χ0n) is 11.8. The number of amides is 2. The number of likely N-dealkylation sites (tertiary alicyclic amines) is 1. The van der Waals surface area contributed by atoms with Crippen LogP contribution in [0.3, 0.4) is 0 Å². The van der Waals surface area contributed by atoms with Gasteiger partial charge in [0.05, 0.1) is 6.20 Å². The standard InChI is InChI=1S/C14H15N5O2S/c20-13(11-5-1-2-6-15-11)10-4-3-7-19(9-10)14(21)17-12-8-16-18-22-12/h1-2,5-6,8,10H,3-4,7,9H2,(H,17,21)/t10-/m1/s1. The van der Waals surface area contributed by atoms with E-state index in [2.05, 4.69) is 19.9 Å². The highest BCUT2D eigenvalue weighted by atomic mass is 32.1. The molecule has 2 aromatic rings. The smallest absolute Gasteiger partial charge is 0.322 e. The molecule has 7 nitrogen and oxygen atoms in total. The van der Waals surface area contributed by atoms with Crippen LogP contribution in [-0.2, 0) is 0 Å². The number of pyridine rings is 1. The fourth-order valence-corrected chi connectivity index (χ4v) is 2.91. The Morgan fingerprint density at radius 1 is 1.36 bits per heavy atom. The number of urea groups is 1. The average molecular weight is 317 g/mol. The molecule has 1 saturated heterocycles. The summed E-state index contributed by atoms with van der Waals surface area (Å²) in [6.45, 7) is 1.05. The first-order chi connectivity index (χ1) is 10.7. The number of aromatic nitrogens is 3. The molecule has 8 heteroatoms. The molecule has 0 aliphatic carbocycles. The van der Waals surface area contributed by atoms with E-state index in [1.165, 1.54) is 6.20 Å². The second kappa shape index (κ2) is 6.61. The van der Waals surface area contributed by atoms with Crippen molar-refractivity contribution < 1.29 is 9.59 Å². The van der Waals surface area contributed by atoms with Gasteiger partial charge in [0.25, 0.3) is 0 Å². The largest absolute Gasteiger partial charge is 0.324 e. The maximum atomic E-state index is 12.4. The van der Waals surface area contributed by atoms with E-state index < -0.39 is 0 Å². The number of hydrogen-bond acceptors (Lipinski definition) is 6. The zero-order chi connectivity index (χ0) is 15.4. The van der Waals surface area contributed by atoms with Gasteiger partial charge >= 0.3 is 6.03 Å². The molecule has 2 amide bonds. The fraction of sp³-hybridized carbons (Fsp3) is 0.357. The number of rotatable bonds is 3. The molecule has 1 aliphatic heterocycles. The Balaban J connectivity index is 1.64. The van der Waals surface area contributed by atoms with E-state index in [-0.39, 0.29) is 17.7 Å². The predicted octanol–water partition coefficient (Wildman–Crippen LogP) is 2.06. The van der Waals surface area contributed by atoms with Gasteiger partial charge in [-0.1, -0.05) is 10.6 Å². The number of hydrogen-bond donors (Lipinski definition) is 1. The number of nitrogens with zero attached hydrogens (tertiary/aromatic N) is 4. The van der Waals surface area contributed by atoms with Crippen LogP contribution >= 0.6 is 11.5 Å². The predicted molar refractivity (Wildman–Crippen MR) is 81.8 cm³/mol. The zero-order valence-corrected chi connectivity index (χ0v) is 12.6. The molecule has 0 spiro atoms. The van der Waals surface area contributed by atoms with E-state index in [4.69, 9.17) is 0 Å². The highest BCUT2D eigenvalue weighted by Gasteiger charge is 2.29. The Bertz CT molecular complexity index is 647. The van der Waals surface area contributed by atoms with Crippen molar-refractivity contribution in [1.29, 1.82) is 0 Å². The lowest BCUT2D eigenvalue weighted by molar-refractivity contribution is 0.0846. The molecule has 0 saturated carbocycles. The summed E-state index contributed by atoms with van der Waals surface area (Å²) in [5.74, 6) is -0.202. The topological polar surface area (TPSA) is 88.1 Å². The molecular formula is C14H15N5O2S. The molecule has 0 bridgehead atoms. The van der Waals surface area contributed by atoms with Crippen LogP contribution in [0.2, 0.25) is 0 Å². The van der Waals surface area contributed by atoms with Gasteiger partial charge in [-0.3, -0.25) is 15.1 Å². The third kappa shape index (κ3) is 3.28. The van der Waals surface area contributed by atoms with Crippen molar-refractivity contribution in [3.8, 4) is 0 Å². The van der Waals surface area contributed by atoms with E-state index in [1.807, 2.05) is 0 Å². The van der Waals surface area contributed by atoms with Crippen molar-refractivity contribution in [2.45, 2.75) is 12.8 Å². The number of Topliss-reactive ketones (excluding diaryl/α,β-unsaturated/α-hetero) is 1. The third-order valence-electron chi connectivity index (χ3n) is 3.59. The molecule has 2 aromatic heterocycles. The minimum absolute atomic E-state index is 0.00226. The van der Waals surface area contributed by atoms with Crippen LogP contribution in [0.1, 0.15) is 23.3 Å². The Morgan fingerprint density at radius 2 is 2.27 bits per heavy atom. The molecule has 1 fully saturated rings. The van der Waals surface area contributed by atoms with Crippen molar-refractivity contribution in [1.82, 2.24) is 19.5 Å². The number of carbonyl (C=O) groups is 2. The molecule has 0 aromatic carbocycles. The van der Waals surface area contributed by atoms with Gasteiger partial charge in [-0.2, -0.15) is 0 Å². The monoisotopic (exact) mass is 317 g/mol. The minimum atomic E-state index is -0.218. The number of ketones is 1. The Morgan fingerprint density at radius 3 is 3.00 bits per heavy atom. The van der Waals surface area contributed by atoms with Gasteiger partial charge in [0.2, 0.25) is 0 Å². The summed E-state index contributed by atoms with van der Waals surface area (Å²) < 4.78 is 3.70. The summed E-state index contributed by atoms with van der Waals surface area (Å²) in [5, 5.41) is 7.02. The number of nitrogens with one attached hydrogen (secondary N) is 1. The van der Waals surface area contributed by atoms with E-state index in [0.717, 1.165) is 24.4 Å². The lowest BCUT2D eigenvalue weighted by atomic mass is 9.92. The first-order valence-corrected chi connectivity index (χ1v) is 7.80. The van der Waals surface area contributed by atoms with Gasteiger partial charge in [-0.05, 0) is 25.0 Å². The highest BCUT2D eigenvalue weighted by molar-refractivity contribution is 7.10. The maximum Gasteiger partial charge on any atom is 0.322 e. The summed E-state index contributed by atoms with van der Waals surface area (Å²) in [6.07, 6.45) is 4.69. The molecule has 0 radical (unpaired) electrons. The second-order valence-corrected chi connectivity index (χ2v) is 5.86. The van der Waals surface area contributed by atoms with Crippen LogP contribution < -0.4 is 5.32 Å². The number of anilines is 1. The van der Waals surface area contributed by atoms with Gasteiger partial charge in [0.15, 0.2) is 5.78 Å². The summed E-state index contributed by atoms with van der Waals surface area (Å²) in [5.41, 5.74) is 0.460. The maximum absolute atomic E-state index is 12.4. The van der Waals surface area contributed by atoms with E-state index >= 15 is 0 Å². The Labute approximate surface area is 131 Å². The van der Waals surface area contributed by atoms with Crippen LogP contribution in [0.4, 0.5) is 9.80 Å². The molecule has 114 valence electrons. The van der Waals surface area contributed by atoms with Crippen molar-refractivity contribution in [3.63, 3.8) is 0 Å². The summed E-state index contributed by atoms with van der Waals surface area (Å²) in [7, 11) is 0. The van der Waals surface area contributed by atoms with Crippen LogP contribution in [0, 0.1) is 5.92 Å². The van der Waals surface area contributed by atoms with Gasteiger partial charge in [-0.25, -0.2) is 4.79 Å². The molecule has 1 aliphatic rings. The van der Waals surface area contributed by atoms with Crippen molar-refractivity contribution in [2.75, 3.05) is 18.4 Å². The molecule has 3 heterocycles. The highest BCUT2D eigenvalue weighted by Crippen LogP contribution is 2.21. The van der Waals surface area contributed by atoms with Crippen LogP contribution in [0.5, 0.6) is 0 Å². The summed E-state index contributed by atoms with van der Waals surface area (Å²) >= 11 is 1.12. The Kier molecular flexibility index (Phi) is 4.38. The first-order valence-electron chi connectivity index (χ1n) is 7.02. The first kappa shape index (κ1) is 14.6. The lowest BCUT2D eigenvalue weighted by Crippen LogP contribution is -2.44. The second-order valence-electron chi connectivity index (χ2n) is 5.08. The average Bonchev–Trinajstić information content (AvgIpc) is 3.08. The molecule has 0 unspecified atom stereocenters. The molecule has 3 rings (SSSR count). The molecule has 22 heavy (non-hydrogen) atoms. The van der Waals surface area contributed by atoms with Crippen molar-refractivity contribution >= 4 is 28.3 Å². The SMILES string of the molecule is O=C(c1ccccn1)[C@@H]1CCCN(C(=O)Nc2cnns2)C1. The third-order valence-corrected chi connectivity index (χ3v) is 4.17. The van der Waals surface area contributed by atoms with Crippen LogP contribution in [-0.4, -0.2) is 44.4 Å². The normalized spacial score (nSPS) is 18.0. The van der Waals surface area contributed by atoms with Crippen LogP contribution in [0.25, 0.3) is 0 Å². The van der Waals surface area contributed by atoms with E-state index in [0.29, 0.717) is 23.8 Å². The van der Waals surface area contributed by atoms with Crippen molar-refractivity contribution in [2.24, 2.45) is 5.92 Å². The van der Waals surface area contributed by atoms with Crippen LogP contribution in [0.15, 0.2) is 30.6 Å². The van der Waals surface area contributed by atoms with E-state index in [1.54, 1.807) is 29.3 Å². The van der Waals surface area contributed by atoms with Gasteiger partial charge in [-0.15, -0.1) is 5.10 Å². The Hall–Kier alpha value is -2.35. The summed E-state index contributed by atoms with van der Waals surface area (Å²) in [4.78, 5) is 30.4. The van der Waals surface area contributed by atoms with Gasteiger partial charge in [0, 0.05) is 36.7 Å². The molecular weight excluding hydrogens is 302 g/mol. The summed E-state index contributed by atoms with van der Waals surface area (Å²) in [6, 6.07) is 5.07. The molecule has 1 N–H and O–H groups in total. The fourth-order valence-electron chi connectivity index (χ4n) is 2.50. The lowest BCUT2D eigenvalue weighted by Gasteiger charge is -2.31. The van der Waals surface area contributed by atoms with Gasteiger partial charge < -0.3 is 4.90 Å². The van der Waals surface area contributed by atoms with E-state index in [9.17, 15) is 9.59 Å². The van der Waals surface area contributed by atoms with Crippen molar-refractivity contribution in [3.05, 3.63) is 36.3 Å².